The van der Waals surface area contributed by atoms with E-state index in [-0.39, 0.29) is 11.4 Å². The molecule has 2 aromatic carbocycles. The van der Waals surface area contributed by atoms with E-state index in [0.29, 0.717) is 5.69 Å². The molecule has 0 radical (unpaired) electrons. The molecule has 0 saturated carbocycles. The molecule has 0 unspecified atom stereocenters. The number of nitro groups is 1. The van der Waals surface area contributed by atoms with Crippen LogP contribution in [0.2, 0.25) is 0 Å². The van der Waals surface area contributed by atoms with Gasteiger partial charge in [0.05, 0.1) is 4.92 Å². The van der Waals surface area contributed by atoms with E-state index in [1.165, 1.54) is 6.07 Å². The maximum Gasteiger partial charge on any atom is 0.292 e. The zero-order valence-corrected chi connectivity index (χ0v) is 11.3. The zero-order valence-electron chi connectivity index (χ0n) is 11.3. The molecule has 0 atom stereocenters. The SMILES string of the molecule is CN(C)c1ccc(Nc2ccc([N+](=O)[O-])c(N)c2)cc1. The standard InChI is InChI=1S/C14H16N4O2/c1-17(2)12-6-3-10(4-7-12)16-11-5-8-14(18(19)20)13(15)9-11/h3-9,16H,15H2,1-2H3. The first-order valence-electron chi connectivity index (χ1n) is 6.05. The van der Waals surface area contributed by atoms with Gasteiger partial charge in [-0.1, -0.05) is 0 Å². The molecule has 0 heterocycles. The predicted molar refractivity (Wildman–Crippen MR) is 81.6 cm³/mol. The second-order valence-corrected chi connectivity index (χ2v) is 4.60. The Morgan fingerprint density at radius 3 is 2.20 bits per heavy atom. The van der Waals surface area contributed by atoms with Crippen LogP contribution in [0.15, 0.2) is 42.5 Å². The molecule has 0 fully saturated rings. The normalized spacial score (nSPS) is 10.1. The minimum absolute atomic E-state index is 0.0847. The first-order chi connectivity index (χ1) is 9.47. The number of nitrogens with one attached hydrogen (secondary N) is 1. The molecular weight excluding hydrogens is 256 g/mol. The Labute approximate surface area is 117 Å². The van der Waals surface area contributed by atoms with Gasteiger partial charge < -0.3 is 16.0 Å². The van der Waals surface area contributed by atoms with Crippen molar-refractivity contribution in [3.63, 3.8) is 0 Å². The fraction of sp³-hybridized carbons (Fsp3) is 0.143. The Morgan fingerprint density at radius 2 is 1.70 bits per heavy atom. The van der Waals surface area contributed by atoms with Gasteiger partial charge in [0.15, 0.2) is 0 Å². The van der Waals surface area contributed by atoms with E-state index in [0.717, 1.165) is 11.4 Å². The van der Waals surface area contributed by atoms with Gasteiger partial charge in [-0.2, -0.15) is 0 Å². The van der Waals surface area contributed by atoms with Crippen LogP contribution in [0, 0.1) is 10.1 Å². The Balaban J connectivity index is 2.17. The summed E-state index contributed by atoms with van der Waals surface area (Å²) < 4.78 is 0. The van der Waals surface area contributed by atoms with Gasteiger partial charge in [-0.3, -0.25) is 10.1 Å². The van der Waals surface area contributed by atoms with Crippen LogP contribution in [0.1, 0.15) is 0 Å². The van der Waals surface area contributed by atoms with Gasteiger partial charge in [0.1, 0.15) is 5.69 Å². The third-order valence-electron chi connectivity index (χ3n) is 2.90. The van der Waals surface area contributed by atoms with Crippen LogP contribution in [-0.2, 0) is 0 Å². The molecule has 0 aliphatic carbocycles. The lowest BCUT2D eigenvalue weighted by Crippen LogP contribution is -2.08. The number of rotatable bonds is 4. The minimum atomic E-state index is -0.495. The molecule has 20 heavy (non-hydrogen) atoms. The summed E-state index contributed by atoms with van der Waals surface area (Å²) in [6.45, 7) is 0. The van der Waals surface area contributed by atoms with E-state index in [9.17, 15) is 10.1 Å². The maximum absolute atomic E-state index is 10.7. The lowest BCUT2D eigenvalue weighted by molar-refractivity contribution is -0.383. The summed E-state index contributed by atoms with van der Waals surface area (Å²) in [7, 11) is 3.94. The Bertz CT molecular complexity index is 624. The summed E-state index contributed by atoms with van der Waals surface area (Å²) in [6.07, 6.45) is 0. The lowest BCUT2D eigenvalue weighted by atomic mass is 10.2. The minimum Gasteiger partial charge on any atom is -0.393 e. The largest absolute Gasteiger partial charge is 0.393 e. The molecule has 0 bridgehead atoms. The lowest BCUT2D eigenvalue weighted by Gasteiger charge is -2.13. The van der Waals surface area contributed by atoms with Gasteiger partial charge in [-0.05, 0) is 36.4 Å². The smallest absolute Gasteiger partial charge is 0.292 e. The van der Waals surface area contributed by atoms with E-state index in [1.54, 1.807) is 12.1 Å². The molecule has 3 N–H and O–H groups in total. The topological polar surface area (TPSA) is 84.4 Å². The van der Waals surface area contributed by atoms with Crippen LogP contribution in [-0.4, -0.2) is 19.0 Å². The fourth-order valence-electron chi connectivity index (χ4n) is 1.81. The average molecular weight is 272 g/mol. The van der Waals surface area contributed by atoms with Crippen molar-refractivity contribution in [3.05, 3.63) is 52.6 Å². The average Bonchev–Trinajstić information content (AvgIpc) is 2.39. The molecule has 0 saturated heterocycles. The van der Waals surface area contributed by atoms with Crippen LogP contribution < -0.4 is 16.0 Å². The van der Waals surface area contributed by atoms with Crippen LogP contribution in [0.5, 0.6) is 0 Å². The van der Waals surface area contributed by atoms with Crippen LogP contribution in [0.3, 0.4) is 0 Å². The molecule has 0 amide bonds. The van der Waals surface area contributed by atoms with Crippen molar-refractivity contribution in [1.29, 1.82) is 0 Å². The van der Waals surface area contributed by atoms with E-state index >= 15 is 0 Å². The number of nitro benzene ring substituents is 1. The second-order valence-electron chi connectivity index (χ2n) is 4.60. The van der Waals surface area contributed by atoms with E-state index < -0.39 is 4.92 Å². The molecule has 0 aliphatic rings. The van der Waals surface area contributed by atoms with E-state index in [2.05, 4.69) is 5.32 Å². The van der Waals surface area contributed by atoms with Crippen molar-refractivity contribution in [2.24, 2.45) is 0 Å². The van der Waals surface area contributed by atoms with E-state index in [4.69, 9.17) is 5.73 Å². The molecule has 104 valence electrons. The van der Waals surface area contributed by atoms with Crippen molar-refractivity contribution in [1.82, 2.24) is 0 Å². The molecule has 6 nitrogen and oxygen atoms in total. The highest BCUT2D eigenvalue weighted by atomic mass is 16.6. The molecule has 6 heteroatoms. The summed E-state index contributed by atoms with van der Waals surface area (Å²) in [5.74, 6) is 0. The van der Waals surface area contributed by atoms with Gasteiger partial charge in [0.25, 0.3) is 5.69 Å². The van der Waals surface area contributed by atoms with E-state index in [1.807, 2.05) is 43.3 Å². The van der Waals surface area contributed by atoms with Gasteiger partial charge >= 0.3 is 0 Å². The second kappa shape index (κ2) is 5.48. The first-order valence-corrected chi connectivity index (χ1v) is 6.05. The molecule has 0 aliphatic heterocycles. The highest BCUT2D eigenvalue weighted by Crippen LogP contribution is 2.27. The number of hydrogen-bond donors (Lipinski definition) is 2. The van der Waals surface area contributed by atoms with Crippen molar-refractivity contribution in [2.75, 3.05) is 30.0 Å². The Morgan fingerprint density at radius 1 is 1.10 bits per heavy atom. The molecule has 0 aromatic heterocycles. The first kappa shape index (κ1) is 13.7. The molecular formula is C14H16N4O2. The zero-order chi connectivity index (χ0) is 14.7. The van der Waals surface area contributed by atoms with Gasteiger partial charge in [-0.15, -0.1) is 0 Å². The summed E-state index contributed by atoms with van der Waals surface area (Å²) in [6, 6.07) is 12.4. The predicted octanol–water partition coefficient (Wildman–Crippen LogP) is 2.99. The van der Waals surface area contributed by atoms with Gasteiger partial charge in [-0.25, -0.2) is 0 Å². The summed E-state index contributed by atoms with van der Waals surface area (Å²) >= 11 is 0. The third-order valence-corrected chi connectivity index (χ3v) is 2.90. The van der Waals surface area contributed by atoms with Crippen molar-refractivity contribution < 1.29 is 4.92 Å². The Kier molecular flexibility index (Phi) is 3.74. The number of benzene rings is 2. The van der Waals surface area contributed by atoms with Crippen LogP contribution in [0.25, 0.3) is 0 Å². The number of hydrogen-bond acceptors (Lipinski definition) is 5. The number of nitrogens with zero attached hydrogens (tertiary/aromatic N) is 2. The highest BCUT2D eigenvalue weighted by molar-refractivity contribution is 5.70. The summed E-state index contributed by atoms with van der Waals surface area (Å²) in [5, 5.41) is 13.8. The fourth-order valence-corrected chi connectivity index (χ4v) is 1.81. The number of anilines is 4. The van der Waals surface area contributed by atoms with Crippen molar-refractivity contribution in [3.8, 4) is 0 Å². The number of nitrogen functional groups attached to an aromatic ring is 1. The quantitative estimate of drug-likeness (QED) is 0.508. The van der Waals surface area contributed by atoms with Crippen molar-refractivity contribution in [2.45, 2.75) is 0 Å². The van der Waals surface area contributed by atoms with Gasteiger partial charge in [0.2, 0.25) is 0 Å². The van der Waals surface area contributed by atoms with Crippen LogP contribution in [0.4, 0.5) is 28.4 Å². The highest BCUT2D eigenvalue weighted by Gasteiger charge is 2.11. The summed E-state index contributed by atoms with van der Waals surface area (Å²) in [4.78, 5) is 12.2. The van der Waals surface area contributed by atoms with Crippen molar-refractivity contribution >= 4 is 28.4 Å². The van der Waals surface area contributed by atoms with Crippen LogP contribution >= 0.6 is 0 Å². The number of nitrogens with two attached hydrogens (primary N) is 1. The van der Waals surface area contributed by atoms with Gasteiger partial charge in [0, 0.05) is 37.2 Å². The maximum atomic E-state index is 10.7. The monoisotopic (exact) mass is 272 g/mol. The summed E-state index contributed by atoms with van der Waals surface area (Å²) in [5.41, 5.74) is 8.41. The third kappa shape index (κ3) is 2.97. The Hall–Kier alpha value is -2.76. The molecule has 2 aromatic rings. The molecule has 2 rings (SSSR count). The molecule has 0 spiro atoms.